The Hall–Kier alpha value is -0.980. The first kappa shape index (κ1) is 13.0. The fraction of sp³-hybridized carbons (Fsp3) is 0.538. The van der Waals surface area contributed by atoms with Gasteiger partial charge in [0.25, 0.3) is 0 Å². The van der Waals surface area contributed by atoms with Crippen molar-refractivity contribution in [3.63, 3.8) is 0 Å². The van der Waals surface area contributed by atoms with Gasteiger partial charge in [0, 0.05) is 49.7 Å². The maximum absolute atomic E-state index is 4.64. The highest BCUT2D eigenvalue weighted by Crippen LogP contribution is 2.20. The van der Waals surface area contributed by atoms with E-state index in [9.17, 15) is 0 Å². The summed E-state index contributed by atoms with van der Waals surface area (Å²) in [7, 11) is 0. The van der Waals surface area contributed by atoms with Crippen LogP contribution in [0.2, 0.25) is 0 Å². The Morgan fingerprint density at radius 1 is 1.21 bits per heavy atom. The summed E-state index contributed by atoms with van der Waals surface area (Å²) in [5.74, 6) is 0. The summed E-state index contributed by atoms with van der Waals surface area (Å²) in [6.07, 6.45) is 2.93. The molecule has 1 aliphatic heterocycles. The molecule has 0 unspecified atom stereocenters. The number of nitrogens with zero attached hydrogens (tertiary/aromatic N) is 4. The lowest BCUT2D eigenvalue weighted by molar-refractivity contribution is 0.247. The fourth-order valence-electron chi connectivity index (χ4n) is 2.28. The summed E-state index contributed by atoms with van der Waals surface area (Å²) >= 11 is 3.51. The highest BCUT2D eigenvalue weighted by Gasteiger charge is 2.19. The summed E-state index contributed by atoms with van der Waals surface area (Å²) in [4.78, 5) is 13.9. The third kappa shape index (κ3) is 3.13. The molecule has 3 heterocycles. The van der Waals surface area contributed by atoms with Crippen LogP contribution in [0.15, 0.2) is 17.0 Å². The molecule has 4 nitrogen and oxygen atoms in total. The average Bonchev–Trinajstić information content (AvgIpc) is 3.10. The SMILES string of the molecule is CCc1nc(CN2CCN(c3nccs3)CC2)cs1. The van der Waals surface area contributed by atoms with Gasteiger partial charge in [-0.3, -0.25) is 4.90 Å². The fourth-order valence-corrected chi connectivity index (χ4v) is 3.72. The molecule has 6 heteroatoms. The van der Waals surface area contributed by atoms with Gasteiger partial charge in [-0.2, -0.15) is 0 Å². The number of hydrogen-bond acceptors (Lipinski definition) is 6. The highest BCUT2D eigenvalue weighted by atomic mass is 32.1. The topological polar surface area (TPSA) is 32.3 Å². The molecule has 2 aromatic rings. The van der Waals surface area contributed by atoms with Gasteiger partial charge >= 0.3 is 0 Å². The number of aryl methyl sites for hydroxylation is 1. The van der Waals surface area contributed by atoms with Crippen molar-refractivity contribution in [1.82, 2.24) is 14.9 Å². The van der Waals surface area contributed by atoms with E-state index < -0.39 is 0 Å². The van der Waals surface area contributed by atoms with Gasteiger partial charge in [-0.1, -0.05) is 6.92 Å². The summed E-state index contributed by atoms with van der Waals surface area (Å²) in [5.41, 5.74) is 1.23. The predicted octanol–water partition coefficient (Wildman–Crippen LogP) is 2.48. The van der Waals surface area contributed by atoms with E-state index in [1.165, 1.54) is 10.7 Å². The molecule has 0 aromatic carbocycles. The van der Waals surface area contributed by atoms with Crippen molar-refractivity contribution in [1.29, 1.82) is 0 Å². The van der Waals surface area contributed by atoms with Crippen molar-refractivity contribution in [2.24, 2.45) is 0 Å². The van der Waals surface area contributed by atoms with Crippen molar-refractivity contribution in [2.45, 2.75) is 19.9 Å². The first-order valence-electron chi connectivity index (χ1n) is 6.65. The van der Waals surface area contributed by atoms with E-state index in [0.29, 0.717) is 0 Å². The molecule has 0 N–H and O–H groups in total. The Morgan fingerprint density at radius 2 is 2.05 bits per heavy atom. The van der Waals surface area contributed by atoms with Gasteiger partial charge in [0.1, 0.15) is 0 Å². The number of thiazole rings is 2. The van der Waals surface area contributed by atoms with Crippen molar-refractivity contribution in [3.05, 3.63) is 27.7 Å². The van der Waals surface area contributed by atoms with Gasteiger partial charge in [-0.15, -0.1) is 22.7 Å². The van der Waals surface area contributed by atoms with Gasteiger partial charge < -0.3 is 4.90 Å². The molecule has 0 radical (unpaired) electrons. The van der Waals surface area contributed by atoms with Gasteiger partial charge in [0.05, 0.1) is 10.7 Å². The van der Waals surface area contributed by atoms with Crippen molar-refractivity contribution >= 4 is 27.8 Å². The van der Waals surface area contributed by atoms with Crippen molar-refractivity contribution < 1.29 is 0 Å². The number of anilines is 1. The van der Waals surface area contributed by atoms with Crippen LogP contribution in [0.1, 0.15) is 17.6 Å². The third-order valence-electron chi connectivity index (χ3n) is 3.35. The second kappa shape index (κ2) is 5.98. The molecule has 0 atom stereocenters. The van der Waals surface area contributed by atoms with Crippen LogP contribution in [0.4, 0.5) is 5.13 Å². The molecule has 1 saturated heterocycles. The van der Waals surface area contributed by atoms with Crippen LogP contribution >= 0.6 is 22.7 Å². The summed E-state index contributed by atoms with van der Waals surface area (Å²) in [6.45, 7) is 7.48. The summed E-state index contributed by atoms with van der Waals surface area (Å²) in [5, 5.41) is 6.65. The second-order valence-corrected chi connectivity index (χ2v) is 6.48. The van der Waals surface area contributed by atoms with Crippen LogP contribution in [0.5, 0.6) is 0 Å². The molecule has 19 heavy (non-hydrogen) atoms. The van der Waals surface area contributed by atoms with E-state index in [-0.39, 0.29) is 0 Å². The number of piperazine rings is 1. The van der Waals surface area contributed by atoms with Gasteiger partial charge in [0.2, 0.25) is 0 Å². The smallest absolute Gasteiger partial charge is 0.185 e. The quantitative estimate of drug-likeness (QED) is 0.867. The Bertz CT molecular complexity index is 500. The van der Waals surface area contributed by atoms with E-state index in [4.69, 9.17) is 0 Å². The molecule has 2 aromatic heterocycles. The lowest BCUT2D eigenvalue weighted by Crippen LogP contribution is -2.45. The largest absolute Gasteiger partial charge is 0.346 e. The van der Waals surface area contributed by atoms with E-state index in [0.717, 1.165) is 44.3 Å². The Kier molecular flexibility index (Phi) is 4.10. The average molecular weight is 294 g/mol. The summed E-state index contributed by atoms with van der Waals surface area (Å²) < 4.78 is 0. The predicted molar refractivity (Wildman–Crippen MR) is 81.1 cm³/mol. The van der Waals surface area contributed by atoms with Gasteiger partial charge in [-0.05, 0) is 6.42 Å². The highest BCUT2D eigenvalue weighted by molar-refractivity contribution is 7.13. The lowest BCUT2D eigenvalue weighted by atomic mass is 10.3. The van der Waals surface area contributed by atoms with Crippen LogP contribution < -0.4 is 4.90 Å². The van der Waals surface area contributed by atoms with Crippen LogP contribution in [0, 0.1) is 0 Å². The van der Waals surface area contributed by atoms with Gasteiger partial charge in [-0.25, -0.2) is 9.97 Å². The molecule has 1 fully saturated rings. The second-order valence-electron chi connectivity index (χ2n) is 4.66. The van der Waals surface area contributed by atoms with Crippen LogP contribution in [-0.2, 0) is 13.0 Å². The molecule has 0 amide bonds. The molecule has 1 aliphatic rings. The molecule has 102 valence electrons. The Labute approximate surface area is 121 Å². The maximum Gasteiger partial charge on any atom is 0.185 e. The normalized spacial score (nSPS) is 17.0. The standard InChI is InChI=1S/C13H18N4S2/c1-2-12-15-11(10-19-12)9-16-4-6-17(7-5-16)13-14-3-8-18-13/h3,8,10H,2,4-7,9H2,1H3. The van der Waals surface area contributed by atoms with Crippen LogP contribution in [-0.4, -0.2) is 41.0 Å². The van der Waals surface area contributed by atoms with Crippen LogP contribution in [0.3, 0.4) is 0 Å². The van der Waals surface area contributed by atoms with Crippen LogP contribution in [0.25, 0.3) is 0 Å². The minimum atomic E-state index is 0.988. The molecular weight excluding hydrogens is 276 g/mol. The first-order chi connectivity index (χ1) is 9.35. The minimum Gasteiger partial charge on any atom is -0.346 e. The van der Waals surface area contributed by atoms with Crippen molar-refractivity contribution in [2.75, 3.05) is 31.1 Å². The van der Waals surface area contributed by atoms with E-state index in [2.05, 4.69) is 32.1 Å². The Morgan fingerprint density at radius 3 is 2.68 bits per heavy atom. The molecule has 0 bridgehead atoms. The molecule has 0 spiro atoms. The molecule has 0 aliphatic carbocycles. The van der Waals surface area contributed by atoms with Gasteiger partial charge in [0.15, 0.2) is 5.13 Å². The Balaban J connectivity index is 1.52. The number of aromatic nitrogens is 2. The minimum absolute atomic E-state index is 0.988. The monoisotopic (exact) mass is 294 g/mol. The van der Waals surface area contributed by atoms with Crippen molar-refractivity contribution in [3.8, 4) is 0 Å². The lowest BCUT2D eigenvalue weighted by Gasteiger charge is -2.34. The number of hydrogen-bond donors (Lipinski definition) is 0. The molecular formula is C13H18N4S2. The zero-order valence-corrected chi connectivity index (χ0v) is 12.7. The van der Waals surface area contributed by atoms with E-state index in [1.54, 1.807) is 22.7 Å². The summed E-state index contributed by atoms with van der Waals surface area (Å²) in [6, 6.07) is 0. The first-order valence-corrected chi connectivity index (χ1v) is 8.41. The van der Waals surface area contributed by atoms with E-state index in [1.807, 2.05) is 11.6 Å². The maximum atomic E-state index is 4.64. The van der Waals surface area contributed by atoms with E-state index >= 15 is 0 Å². The molecule has 0 saturated carbocycles. The number of rotatable bonds is 4. The third-order valence-corrected chi connectivity index (χ3v) is 5.22. The zero-order chi connectivity index (χ0) is 13.1. The molecule has 3 rings (SSSR count). The zero-order valence-electron chi connectivity index (χ0n) is 11.1.